The fourth-order valence-corrected chi connectivity index (χ4v) is 12.1. The Labute approximate surface area is 775 Å². The molecule has 11 heterocycles. The number of primary amides is 1. The van der Waals surface area contributed by atoms with E-state index in [1.54, 1.807) is 27.4 Å². The molecule has 6 aromatic rings. The van der Waals surface area contributed by atoms with Gasteiger partial charge in [0.15, 0.2) is 66.1 Å². The van der Waals surface area contributed by atoms with Gasteiger partial charge in [0.2, 0.25) is 5.91 Å². The normalized spacial score (nSPS) is 28.8. The number of guanidine groups is 1. The molecule has 1 amide bonds. The number of esters is 5. The largest absolute Gasteiger partial charge is 0.481 e. The van der Waals surface area contributed by atoms with Crippen LogP contribution in [0.5, 0.6) is 0 Å². The second kappa shape index (κ2) is 53.6. The summed E-state index contributed by atoms with van der Waals surface area (Å²) in [6, 6.07) is 0.257. The Hall–Kier alpha value is -12.9. The number of rotatable bonds is 40. The van der Waals surface area contributed by atoms with Crippen LogP contribution in [0, 0.1) is 0 Å². The molecule has 40 N–H and O–H groups in total. The number of carbonyl (C=O) groups excluding carboxylic acids is 6. The van der Waals surface area contributed by atoms with E-state index in [0.29, 0.717) is 60.8 Å². The molecule has 0 unspecified atom stereocenters. The van der Waals surface area contributed by atoms with Gasteiger partial charge in [-0.2, -0.15) is 24.9 Å². The number of nitrogens with two attached hydrogens (primary N) is 9. The predicted molar refractivity (Wildman–Crippen MR) is 450 cm³/mol. The molecule has 0 aromatic carbocycles. The standard InChI is InChI=1S/C15H25N7O7.C15H20N6O7.C15H25N5O7.C14H21N5O8.C13H18N4O9/c16-7(2-1-4-19-14(17)18)13(25)28-6-8-10(23)11(24)12(29-8)22-5-3-9(21-27)20-15(22)26;16-8(3-7-4-17-6-18-7)14(24)27-5-9-11(22)12(23)13(28-9)21-2-1-10(20-26)19-15(21)25;16-5-2-1-3-8(17)14(23)26-7-9-11(21)12(22)13(27-9)20-6-4-10(19-25)18-15(20)24;15-6(1-2-8(16)20)13(23)26-5-7-10(21)11(22)12(27-7)19-4-3-9(18-25)17-14(19)24;14-5(3-8(18)19)12(22)25-4-6-9(20)10(21)11(26-6)17-2-1-7(16-24)15-13(17)23/h3,5,7-8,10-12,23-24,27H,1-2,4,6,16H2,(H4,17,18,19)(H,20,21,26);1-2,4,6,8-9,11-13,22-23,26H,3,5,16H2,(H,17,18)(H,19,20,25);4,6,8-9,11-13,21-22,25H,1-3,5,7,16-17H2,(H,18,19,24);3-4,6-7,10-12,21-22,25H,1-2,5,15H2,(H2,16,20)(H,17,18,24);1-2,5-6,9-11,20-21,24H,3-4,14H2,(H,18,19)(H,15,16,23)/t7-,8-,10-,11-,12-;2*8-,9+,11+,12+,13+;6-,7+,10+,11+,12+;5-,6+,9+,10+,11+/m10000/s1/i12D;2*13D;12D;11D. The van der Waals surface area contributed by atoms with Gasteiger partial charge in [-0.05, 0) is 69.0 Å². The molecule has 0 aliphatic carbocycles. The van der Waals surface area contributed by atoms with Gasteiger partial charge in [0.05, 0.1) is 19.6 Å². The van der Waals surface area contributed by atoms with Crippen molar-refractivity contribution in [1.82, 2.24) is 57.7 Å². The Morgan fingerprint density at radius 3 is 0.927 bits per heavy atom. The first-order valence-electron chi connectivity index (χ1n) is 42.8. The molecule has 5 aliphatic heterocycles. The lowest BCUT2D eigenvalue weighted by molar-refractivity contribution is -0.154. The fourth-order valence-electron chi connectivity index (χ4n) is 12.1. The molecule has 65 heteroatoms. The van der Waals surface area contributed by atoms with E-state index in [0.717, 1.165) is 61.3 Å². The zero-order chi connectivity index (χ0) is 106. The number of nitrogens with one attached hydrogen (secondary N) is 6. The number of aromatic amines is 1. The summed E-state index contributed by atoms with van der Waals surface area (Å²) in [7, 11) is 0. The van der Waals surface area contributed by atoms with E-state index in [-0.39, 0.29) is 67.3 Å². The van der Waals surface area contributed by atoms with Crippen molar-refractivity contribution in [1.29, 1.82) is 0 Å². The maximum atomic E-state index is 12.1. The van der Waals surface area contributed by atoms with Crippen LogP contribution in [-0.2, 0) is 87.4 Å². The Morgan fingerprint density at radius 1 is 0.416 bits per heavy atom. The minimum Gasteiger partial charge on any atom is -0.481 e. The summed E-state index contributed by atoms with van der Waals surface area (Å²) in [5, 5.41) is 154. The third-order valence-electron chi connectivity index (χ3n) is 19.4. The first kappa shape index (κ1) is 103. The molecule has 0 bridgehead atoms. The highest BCUT2D eigenvalue weighted by Gasteiger charge is 2.50. The molecule has 0 spiro atoms. The minimum atomic E-state index is -2.49. The van der Waals surface area contributed by atoms with E-state index in [9.17, 15) is 109 Å². The van der Waals surface area contributed by atoms with Gasteiger partial charge in [0, 0.05) is 62.3 Å². The van der Waals surface area contributed by atoms with Crippen LogP contribution in [-0.4, -0.2) is 356 Å². The molecular weight excluding hydrogens is 1850 g/mol. The molecule has 5 aliphatic rings. The summed E-state index contributed by atoms with van der Waals surface area (Å²) in [6.45, 7) is -1.94. The van der Waals surface area contributed by atoms with Gasteiger partial charge < -0.3 is 160 Å². The quantitative estimate of drug-likeness (QED) is 0.00424. The number of unbranched alkanes of at least 4 members (excludes halogenated alkanes) is 1. The third-order valence-corrected chi connectivity index (χ3v) is 19.4. The van der Waals surface area contributed by atoms with Gasteiger partial charge in [0.25, 0.3) is 0 Å². The maximum Gasteiger partial charge on any atom is 0.351 e. The van der Waals surface area contributed by atoms with Crippen LogP contribution in [0.1, 0.15) is 94.9 Å². The summed E-state index contributed by atoms with van der Waals surface area (Å²) in [6.07, 6.45) is -26.6. The number of imidazole rings is 1. The number of nitrogens with zero attached hydrogens (tertiary/aromatic N) is 12. The van der Waals surface area contributed by atoms with E-state index < -0.39 is 262 Å². The monoisotopic (exact) mass is 1960 g/mol. The molecule has 65 nitrogen and oxygen atoms in total. The van der Waals surface area contributed by atoms with Crippen molar-refractivity contribution in [2.45, 2.75) is 211 Å². The predicted octanol–water partition coefficient (Wildman–Crippen LogP) is -14.4. The van der Waals surface area contributed by atoms with Crippen molar-refractivity contribution in [2.75, 3.05) is 73.5 Å². The summed E-state index contributed by atoms with van der Waals surface area (Å²) in [4.78, 5) is 168. The second-order valence-electron chi connectivity index (χ2n) is 29.3. The van der Waals surface area contributed by atoms with Crippen molar-refractivity contribution in [2.24, 2.45) is 56.6 Å². The van der Waals surface area contributed by atoms with Crippen LogP contribution in [0.3, 0.4) is 0 Å². The summed E-state index contributed by atoms with van der Waals surface area (Å²) >= 11 is 0. The number of H-pyrrole nitrogens is 1. The molecule has 5 fully saturated rings. The van der Waals surface area contributed by atoms with E-state index in [1.165, 1.54) is 12.5 Å². The number of hydrogen-bond donors (Lipinski definition) is 31. The molecule has 0 radical (unpaired) electrons. The Bertz CT molecular complexity index is 5580. The lowest BCUT2D eigenvalue weighted by Crippen LogP contribution is -2.39. The zero-order valence-corrected chi connectivity index (χ0v) is 71.5. The molecule has 0 saturated carbocycles. The molecular formula is C72H109N27O38. The number of carboxylic acids is 1. The van der Waals surface area contributed by atoms with Gasteiger partial charge >= 0.3 is 64.3 Å². The lowest BCUT2D eigenvalue weighted by atomic mass is 10.1. The minimum absolute atomic E-state index is 0.0421. The SMILES string of the molecule is [2H][C@@]1(n2ccc(NO)nc2=O)O[C@H](COC(=O)[C@@H](N)CC(=O)O)[C@@H](O)[C@H]1O.[2H][C@@]1(n2ccc(NO)nc2=O)O[C@H](COC(=O)[C@@H](N)CCC(N)=O)[C@@H](O)[C@H]1O.[2H][C@@]1(n2ccc(NO)nc2=O)O[C@H](COC(=O)[C@@H](N)CCCCN)[C@@H](O)[C@H]1O.[2H][C@@]1(n2ccc(NO)nc2=O)O[C@H](COC(=O)[C@@H](N)Cc2cnc[nH]2)[C@@H](O)[C@H]1O.[2H][C@@]1(n2ccc(NO)nc2=O)O[C@H](COC(=O)[C@H](N)CCCN=C(N)N)[C@@H](O)[C@H]1O. The highest BCUT2D eigenvalue weighted by molar-refractivity contribution is 5.82. The topological polar surface area (TPSA) is 1050 Å². The van der Waals surface area contributed by atoms with E-state index >= 15 is 0 Å². The number of carboxylic acid groups (broad SMARTS) is 1. The van der Waals surface area contributed by atoms with Crippen LogP contribution in [0.15, 0.2) is 103 Å². The average molecular weight is 1970 g/mol. The molecule has 6 aromatic heterocycles. The fraction of sp³-hybridized carbons (Fsp3) is 0.569. The number of aliphatic imine (C=N–C) groups is 1. The Kier molecular flexibility index (Phi) is 40.3. The number of aliphatic hydroxyl groups excluding tert-OH is 10. The van der Waals surface area contributed by atoms with E-state index in [2.05, 4.69) is 39.9 Å². The number of amides is 1. The van der Waals surface area contributed by atoms with Crippen molar-refractivity contribution in [3.05, 3.63) is 132 Å². The van der Waals surface area contributed by atoms with Crippen LogP contribution >= 0.6 is 0 Å². The van der Waals surface area contributed by atoms with Crippen LogP contribution in [0.25, 0.3) is 0 Å². The number of carbonyl (C=O) groups is 7. The summed E-state index contributed by atoms with van der Waals surface area (Å²) in [5.74, 6) is -7.26. The molecule has 11 rings (SSSR count). The highest BCUT2D eigenvalue weighted by Crippen LogP contribution is 2.34. The van der Waals surface area contributed by atoms with Gasteiger partial charge in [-0.3, -0.25) is 115 Å². The van der Waals surface area contributed by atoms with Crippen molar-refractivity contribution >= 4 is 76.8 Å². The highest BCUT2D eigenvalue weighted by atomic mass is 16.6. The average Bonchev–Trinajstić information content (AvgIpc) is 1.63. The van der Waals surface area contributed by atoms with E-state index in [1.807, 2.05) is 0 Å². The van der Waals surface area contributed by atoms with Crippen molar-refractivity contribution < 1.29 is 170 Å². The number of ether oxygens (including phenoxy) is 10. The molecule has 25 atom stereocenters. The Morgan fingerprint density at radius 2 is 0.686 bits per heavy atom. The Balaban J connectivity index is 0.000000241. The lowest BCUT2D eigenvalue weighted by Gasteiger charge is -2.17. The maximum absolute atomic E-state index is 12.1. The molecule has 760 valence electrons. The summed E-state index contributed by atoms with van der Waals surface area (Å²) < 4.78 is 95.4. The second-order valence-corrected chi connectivity index (χ2v) is 29.3. The zero-order valence-electron chi connectivity index (χ0n) is 76.5. The first-order chi connectivity index (χ1) is 66.8. The number of aromatic nitrogens is 12. The van der Waals surface area contributed by atoms with Crippen molar-refractivity contribution in [3.8, 4) is 0 Å². The number of anilines is 5. The number of hydrogen-bond acceptors (Lipinski definition) is 55. The first-order valence-corrected chi connectivity index (χ1v) is 40.3. The smallest absolute Gasteiger partial charge is 0.351 e. The van der Waals surface area contributed by atoms with Gasteiger partial charge in [-0.15, -0.1) is 0 Å². The molecule has 137 heavy (non-hydrogen) atoms. The number of aliphatic hydroxyl groups is 10. The van der Waals surface area contributed by atoms with Crippen LogP contribution in [0.2, 0.25) is 0 Å². The number of aliphatic carboxylic acids is 1. The summed E-state index contributed by atoms with van der Waals surface area (Å²) in [5.41, 5.74) is 52.5. The van der Waals surface area contributed by atoms with Crippen LogP contribution in [0.4, 0.5) is 29.1 Å². The van der Waals surface area contributed by atoms with Gasteiger partial charge in [-0.1, -0.05) is 6.42 Å². The van der Waals surface area contributed by atoms with E-state index in [4.69, 9.17) is 137 Å². The van der Waals surface area contributed by atoms with Crippen molar-refractivity contribution in [3.63, 3.8) is 0 Å². The third kappa shape index (κ3) is 31.6. The van der Waals surface area contributed by atoms with Gasteiger partial charge in [0.1, 0.15) is 155 Å². The van der Waals surface area contributed by atoms with Gasteiger partial charge in [-0.25, -0.2) is 29.0 Å². The molecule has 5 saturated heterocycles. The van der Waals surface area contributed by atoms with Crippen LogP contribution < -0.4 is 107 Å².